The van der Waals surface area contributed by atoms with Gasteiger partial charge in [0.15, 0.2) is 11.6 Å². The van der Waals surface area contributed by atoms with Gasteiger partial charge in [0.05, 0.1) is 0 Å². The van der Waals surface area contributed by atoms with Gasteiger partial charge < -0.3 is 5.32 Å². The molecule has 1 nitrogen and oxygen atoms in total. The molecule has 0 aliphatic rings. The zero-order valence-corrected chi connectivity index (χ0v) is 13.5. The molecular formula is C17H18BrF2N. The van der Waals surface area contributed by atoms with Gasteiger partial charge >= 0.3 is 0 Å². The van der Waals surface area contributed by atoms with E-state index in [9.17, 15) is 8.78 Å². The van der Waals surface area contributed by atoms with E-state index in [2.05, 4.69) is 21.2 Å². The number of rotatable bonds is 6. The lowest BCUT2D eigenvalue weighted by molar-refractivity contribution is 0.459. The lowest BCUT2D eigenvalue weighted by atomic mass is 9.98. The van der Waals surface area contributed by atoms with Gasteiger partial charge in [0.2, 0.25) is 0 Å². The maximum absolute atomic E-state index is 14.1. The molecular weight excluding hydrogens is 336 g/mol. The van der Waals surface area contributed by atoms with E-state index in [0.29, 0.717) is 12.0 Å². The van der Waals surface area contributed by atoms with Crippen molar-refractivity contribution < 1.29 is 8.78 Å². The summed E-state index contributed by atoms with van der Waals surface area (Å²) >= 11 is 3.50. The fourth-order valence-electron chi connectivity index (χ4n) is 2.28. The Morgan fingerprint density at radius 1 is 1.10 bits per heavy atom. The maximum Gasteiger partial charge on any atom is 0.163 e. The summed E-state index contributed by atoms with van der Waals surface area (Å²) in [5, 5.41) is 3.30. The highest BCUT2D eigenvalue weighted by Crippen LogP contribution is 2.26. The van der Waals surface area contributed by atoms with E-state index in [1.165, 1.54) is 0 Å². The molecule has 1 atom stereocenters. The molecule has 1 unspecified atom stereocenters. The van der Waals surface area contributed by atoms with Gasteiger partial charge in [-0.05, 0) is 37.1 Å². The highest BCUT2D eigenvalue weighted by Gasteiger charge is 2.18. The van der Waals surface area contributed by atoms with Crippen molar-refractivity contribution in [2.45, 2.75) is 25.8 Å². The van der Waals surface area contributed by atoms with E-state index in [-0.39, 0.29) is 6.04 Å². The van der Waals surface area contributed by atoms with Crippen LogP contribution in [0.3, 0.4) is 0 Å². The van der Waals surface area contributed by atoms with E-state index in [4.69, 9.17) is 0 Å². The molecule has 0 radical (unpaired) electrons. The second-order valence-electron chi connectivity index (χ2n) is 4.95. The Balaban J connectivity index is 2.30. The van der Waals surface area contributed by atoms with Crippen LogP contribution in [-0.2, 0) is 6.42 Å². The van der Waals surface area contributed by atoms with Gasteiger partial charge in [-0.15, -0.1) is 0 Å². The van der Waals surface area contributed by atoms with Crippen molar-refractivity contribution in [3.05, 3.63) is 69.7 Å². The second-order valence-corrected chi connectivity index (χ2v) is 5.80. The van der Waals surface area contributed by atoms with Crippen LogP contribution in [0.5, 0.6) is 0 Å². The molecule has 0 amide bonds. The summed E-state index contributed by atoms with van der Waals surface area (Å²) in [6.45, 7) is 2.80. The average Bonchev–Trinajstić information content (AvgIpc) is 2.48. The zero-order chi connectivity index (χ0) is 15.2. The number of benzene rings is 2. The fraction of sp³-hybridized carbons (Fsp3) is 0.294. The van der Waals surface area contributed by atoms with Crippen molar-refractivity contribution in [2.75, 3.05) is 6.54 Å². The first-order valence-corrected chi connectivity index (χ1v) is 7.83. The van der Waals surface area contributed by atoms with Crippen molar-refractivity contribution in [1.82, 2.24) is 5.32 Å². The molecule has 0 aliphatic carbocycles. The van der Waals surface area contributed by atoms with Crippen molar-refractivity contribution in [3.8, 4) is 0 Å². The molecule has 0 aromatic heterocycles. The predicted molar refractivity (Wildman–Crippen MR) is 85.2 cm³/mol. The van der Waals surface area contributed by atoms with Crippen LogP contribution in [0.25, 0.3) is 0 Å². The molecule has 2 aromatic carbocycles. The Hall–Kier alpha value is -1.26. The molecule has 0 heterocycles. The first kappa shape index (κ1) is 16.1. The lowest BCUT2D eigenvalue weighted by Crippen LogP contribution is -2.25. The molecule has 0 fully saturated rings. The van der Waals surface area contributed by atoms with Crippen LogP contribution in [0.4, 0.5) is 8.78 Å². The van der Waals surface area contributed by atoms with E-state index in [1.54, 1.807) is 12.1 Å². The maximum atomic E-state index is 14.1. The zero-order valence-electron chi connectivity index (χ0n) is 11.9. The smallest absolute Gasteiger partial charge is 0.163 e. The van der Waals surface area contributed by atoms with Crippen molar-refractivity contribution in [3.63, 3.8) is 0 Å². The Morgan fingerprint density at radius 2 is 1.86 bits per heavy atom. The van der Waals surface area contributed by atoms with Gasteiger partial charge in [0, 0.05) is 16.1 Å². The topological polar surface area (TPSA) is 12.0 Å². The molecule has 2 rings (SSSR count). The van der Waals surface area contributed by atoms with E-state index < -0.39 is 11.6 Å². The van der Waals surface area contributed by atoms with Crippen LogP contribution in [0.15, 0.2) is 46.9 Å². The fourth-order valence-corrected chi connectivity index (χ4v) is 2.73. The van der Waals surface area contributed by atoms with Gasteiger partial charge in [0.1, 0.15) is 0 Å². The minimum Gasteiger partial charge on any atom is -0.310 e. The Bertz CT molecular complexity index is 601. The Kier molecular flexibility index (Phi) is 5.88. The van der Waals surface area contributed by atoms with Gasteiger partial charge in [-0.2, -0.15) is 0 Å². The SMILES string of the molecule is CCCNC(Cc1ccccc1Br)c1cccc(F)c1F. The van der Waals surface area contributed by atoms with Gasteiger partial charge in [-0.25, -0.2) is 8.78 Å². The number of halogens is 3. The molecule has 4 heteroatoms. The molecule has 112 valence electrons. The van der Waals surface area contributed by atoms with Gasteiger partial charge in [-0.3, -0.25) is 0 Å². The summed E-state index contributed by atoms with van der Waals surface area (Å²) in [7, 11) is 0. The van der Waals surface area contributed by atoms with E-state index in [0.717, 1.165) is 29.1 Å². The third-order valence-corrected chi connectivity index (χ3v) is 4.15. The minimum absolute atomic E-state index is 0.251. The second kappa shape index (κ2) is 7.66. The minimum atomic E-state index is -0.803. The standard InChI is InChI=1S/C17H18BrF2N/c1-2-10-21-16(11-12-6-3-4-8-14(12)18)13-7-5-9-15(19)17(13)20/h3-9,16,21H,2,10-11H2,1H3. The third-order valence-electron chi connectivity index (χ3n) is 3.38. The lowest BCUT2D eigenvalue weighted by Gasteiger charge is -2.20. The number of nitrogens with one attached hydrogen (secondary N) is 1. The van der Waals surface area contributed by atoms with Crippen LogP contribution >= 0.6 is 15.9 Å². The van der Waals surface area contributed by atoms with Crippen molar-refractivity contribution in [1.29, 1.82) is 0 Å². The highest BCUT2D eigenvalue weighted by molar-refractivity contribution is 9.10. The quantitative estimate of drug-likeness (QED) is 0.769. The van der Waals surface area contributed by atoms with E-state index >= 15 is 0 Å². The monoisotopic (exact) mass is 353 g/mol. The van der Waals surface area contributed by atoms with Crippen LogP contribution < -0.4 is 5.32 Å². The molecule has 0 bridgehead atoms. The molecule has 0 spiro atoms. The van der Waals surface area contributed by atoms with Crippen molar-refractivity contribution in [2.24, 2.45) is 0 Å². The van der Waals surface area contributed by atoms with Crippen LogP contribution in [0.1, 0.15) is 30.5 Å². The van der Waals surface area contributed by atoms with Gasteiger partial charge in [0.25, 0.3) is 0 Å². The first-order chi connectivity index (χ1) is 10.1. The summed E-state index contributed by atoms with van der Waals surface area (Å²) in [5.74, 6) is -1.57. The van der Waals surface area contributed by atoms with Crippen molar-refractivity contribution >= 4 is 15.9 Å². The summed E-state index contributed by atoms with van der Waals surface area (Å²) in [4.78, 5) is 0. The first-order valence-electron chi connectivity index (χ1n) is 7.04. The Labute approximate surface area is 132 Å². The number of hydrogen-bond donors (Lipinski definition) is 1. The summed E-state index contributed by atoms with van der Waals surface area (Å²) < 4.78 is 28.5. The number of hydrogen-bond acceptors (Lipinski definition) is 1. The molecule has 0 saturated carbocycles. The summed E-state index contributed by atoms with van der Waals surface area (Å²) in [6.07, 6.45) is 1.53. The Morgan fingerprint density at radius 3 is 2.57 bits per heavy atom. The molecule has 0 saturated heterocycles. The molecule has 2 aromatic rings. The van der Waals surface area contributed by atoms with E-state index in [1.807, 2.05) is 31.2 Å². The average molecular weight is 354 g/mol. The van der Waals surface area contributed by atoms with Crippen LogP contribution in [0.2, 0.25) is 0 Å². The molecule has 21 heavy (non-hydrogen) atoms. The predicted octanol–water partition coefficient (Wildman–Crippen LogP) is 5.01. The van der Waals surface area contributed by atoms with Gasteiger partial charge in [-0.1, -0.05) is 53.2 Å². The molecule has 0 aliphatic heterocycles. The normalized spacial score (nSPS) is 12.4. The van der Waals surface area contributed by atoms with Crippen LogP contribution in [-0.4, -0.2) is 6.54 Å². The largest absolute Gasteiger partial charge is 0.310 e. The van der Waals surface area contributed by atoms with Crippen LogP contribution in [0, 0.1) is 11.6 Å². The summed E-state index contributed by atoms with van der Waals surface area (Å²) in [5.41, 5.74) is 1.44. The summed E-state index contributed by atoms with van der Waals surface area (Å²) in [6, 6.07) is 11.9. The highest BCUT2D eigenvalue weighted by atomic mass is 79.9. The third kappa shape index (κ3) is 4.11. The molecule has 1 N–H and O–H groups in total.